The zero-order valence-electron chi connectivity index (χ0n) is 11.7. The molecule has 0 radical (unpaired) electrons. The van der Waals surface area contributed by atoms with Crippen molar-refractivity contribution in [3.05, 3.63) is 0 Å². The maximum atomic E-state index is 10.3. The van der Waals surface area contributed by atoms with Crippen LogP contribution in [-0.2, 0) is 0 Å². The molecule has 1 heterocycles. The molecule has 1 unspecified atom stereocenters. The highest BCUT2D eigenvalue weighted by Crippen LogP contribution is 2.17. The van der Waals surface area contributed by atoms with Crippen molar-refractivity contribution in [1.29, 1.82) is 0 Å². The van der Waals surface area contributed by atoms with Crippen molar-refractivity contribution in [1.82, 2.24) is 15.1 Å². The number of carbonyl (C=O) groups is 1. The fourth-order valence-corrected chi connectivity index (χ4v) is 2.62. The minimum atomic E-state index is -0.918. The fraction of sp³-hybridized carbons (Fsp3) is 0.923. The molecule has 18 heavy (non-hydrogen) atoms. The monoisotopic (exact) mass is 257 g/mol. The predicted molar refractivity (Wildman–Crippen MR) is 73.0 cm³/mol. The van der Waals surface area contributed by atoms with Crippen LogP contribution in [0.5, 0.6) is 0 Å². The van der Waals surface area contributed by atoms with E-state index in [1.54, 1.807) is 0 Å². The number of rotatable bonds is 7. The van der Waals surface area contributed by atoms with Gasteiger partial charge in [0.2, 0.25) is 0 Å². The molecule has 0 aromatic carbocycles. The number of nitrogens with zero attached hydrogens (tertiary/aromatic N) is 2. The van der Waals surface area contributed by atoms with Crippen LogP contribution in [-0.4, -0.2) is 67.3 Å². The average molecular weight is 257 g/mol. The Morgan fingerprint density at radius 1 is 1.39 bits per heavy atom. The summed E-state index contributed by atoms with van der Waals surface area (Å²) in [5.41, 5.74) is 0. The van der Waals surface area contributed by atoms with E-state index in [1.165, 1.54) is 25.8 Å². The molecule has 0 aromatic rings. The summed E-state index contributed by atoms with van der Waals surface area (Å²) in [6, 6.07) is 0.682. The van der Waals surface area contributed by atoms with Gasteiger partial charge in [-0.15, -0.1) is 0 Å². The first-order valence-corrected chi connectivity index (χ1v) is 6.95. The van der Waals surface area contributed by atoms with E-state index in [2.05, 4.69) is 29.2 Å². The summed E-state index contributed by atoms with van der Waals surface area (Å²) >= 11 is 0. The van der Waals surface area contributed by atoms with Crippen LogP contribution in [0.3, 0.4) is 0 Å². The minimum Gasteiger partial charge on any atom is -0.465 e. The molecule has 1 atom stereocenters. The summed E-state index contributed by atoms with van der Waals surface area (Å²) in [7, 11) is 4.26. The molecule has 0 spiro atoms. The van der Waals surface area contributed by atoms with Gasteiger partial charge in [-0.1, -0.05) is 6.42 Å². The summed E-state index contributed by atoms with van der Waals surface area (Å²) in [5.74, 6) is 0. The molecule has 2 N–H and O–H groups in total. The molecule has 1 saturated heterocycles. The Balaban J connectivity index is 2.18. The van der Waals surface area contributed by atoms with Crippen LogP contribution in [0.1, 0.15) is 32.1 Å². The van der Waals surface area contributed by atoms with E-state index in [1.807, 2.05) is 0 Å². The van der Waals surface area contributed by atoms with Crippen LogP contribution in [0.15, 0.2) is 0 Å². The van der Waals surface area contributed by atoms with Gasteiger partial charge in [-0.2, -0.15) is 0 Å². The van der Waals surface area contributed by atoms with E-state index < -0.39 is 6.09 Å². The first kappa shape index (κ1) is 15.2. The van der Waals surface area contributed by atoms with Crippen LogP contribution in [0.25, 0.3) is 0 Å². The van der Waals surface area contributed by atoms with Gasteiger partial charge in [0.15, 0.2) is 0 Å². The number of unbranched alkanes of at least 4 members (excludes halogenated alkanes) is 1. The maximum Gasteiger partial charge on any atom is 0.404 e. The molecule has 0 saturated carbocycles. The van der Waals surface area contributed by atoms with Gasteiger partial charge in [-0.3, -0.25) is 4.90 Å². The molecule has 1 aliphatic heterocycles. The number of likely N-dealkylation sites (N-methyl/N-ethyl adjacent to an activating group) is 1. The van der Waals surface area contributed by atoms with E-state index in [0.29, 0.717) is 12.6 Å². The first-order valence-electron chi connectivity index (χ1n) is 6.95. The van der Waals surface area contributed by atoms with Gasteiger partial charge in [-0.25, -0.2) is 4.79 Å². The van der Waals surface area contributed by atoms with Gasteiger partial charge >= 0.3 is 6.09 Å². The lowest BCUT2D eigenvalue weighted by Crippen LogP contribution is -2.45. The number of hydrogen-bond donors (Lipinski definition) is 2. The SMILES string of the molecule is CN(C)CC1CCCCN1CCCCNC(=O)O. The first-order chi connectivity index (χ1) is 8.59. The molecule has 1 rings (SSSR count). The zero-order valence-corrected chi connectivity index (χ0v) is 11.7. The van der Waals surface area contributed by atoms with Crippen LogP contribution in [0, 0.1) is 0 Å². The molecule has 5 nitrogen and oxygen atoms in total. The largest absolute Gasteiger partial charge is 0.465 e. The Bertz CT molecular complexity index is 246. The molecule has 1 aliphatic rings. The van der Waals surface area contributed by atoms with Gasteiger partial charge in [-0.05, 0) is 52.9 Å². The summed E-state index contributed by atoms with van der Waals surface area (Å²) in [4.78, 5) is 15.1. The summed E-state index contributed by atoms with van der Waals surface area (Å²) in [6.07, 6.45) is 5.03. The minimum absolute atomic E-state index is 0.571. The van der Waals surface area contributed by atoms with Crippen molar-refractivity contribution < 1.29 is 9.90 Å². The third-order valence-corrected chi connectivity index (χ3v) is 3.47. The average Bonchev–Trinajstić information content (AvgIpc) is 2.29. The number of likely N-dealkylation sites (tertiary alicyclic amines) is 1. The summed E-state index contributed by atoms with van der Waals surface area (Å²) in [5, 5.41) is 10.9. The van der Waals surface area contributed by atoms with Crippen molar-refractivity contribution in [3.63, 3.8) is 0 Å². The standard InChI is InChI=1S/C13H27N3O2/c1-15(2)11-12-7-3-5-9-16(12)10-6-4-8-14-13(17)18/h12,14H,3-11H2,1-2H3,(H,17,18). The van der Waals surface area contributed by atoms with Crippen molar-refractivity contribution >= 4 is 6.09 Å². The van der Waals surface area contributed by atoms with Crippen molar-refractivity contribution in [2.24, 2.45) is 0 Å². The van der Waals surface area contributed by atoms with E-state index in [4.69, 9.17) is 5.11 Å². The van der Waals surface area contributed by atoms with Gasteiger partial charge in [0.1, 0.15) is 0 Å². The Hall–Kier alpha value is -0.810. The van der Waals surface area contributed by atoms with Crippen LogP contribution < -0.4 is 5.32 Å². The molecule has 1 amide bonds. The number of amides is 1. The molecule has 5 heteroatoms. The number of nitrogens with one attached hydrogen (secondary N) is 1. The van der Waals surface area contributed by atoms with Gasteiger partial charge in [0.25, 0.3) is 0 Å². The molecule has 0 aromatic heterocycles. The lowest BCUT2D eigenvalue weighted by molar-refractivity contribution is 0.119. The van der Waals surface area contributed by atoms with Crippen LogP contribution in [0.2, 0.25) is 0 Å². The predicted octanol–water partition coefficient (Wildman–Crippen LogP) is 1.45. The quantitative estimate of drug-likeness (QED) is 0.678. The molecular formula is C13H27N3O2. The molecule has 106 valence electrons. The second-order valence-electron chi connectivity index (χ2n) is 5.39. The van der Waals surface area contributed by atoms with Crippen molar-refractivity contribution in [2.75, 3.05) is 40.3 Å². The Kier molecular flexibility index (Phi) is 7.05. The van der Waals surface area contributed by atoms with Crippen LogP contribution >= 0.6 is 0 Å². The van der Waals surface area contributed by atoms with Gasteiger partial charge < -0.3 is 15.3 Å². The highest BCUT2D eigenvalue weighted by molar-refractivity contribution is 5.64. The molecule has 0 aliphatic carbocycles. The maximum absolute atomic E-state index is 10.3. The Labute approximate surface area is 110 Å². The lowest BCUT2D eigenvalue weighted by Gasteiger charge is -2.37. The molecular weight excluding hydrogens is 230 g/mol. The fourth-order valence-electron chi connectivity index (χ4n) is 2.62. The number of piperidine rings is 1. The smallest absolute Gasteiger partial charge is 0.404 e. The number of hydrogen-bond acceptors (Lipinski definition) is 3. The number of carboxylic acid groups (broad SMARTS) is 1. The van der Waals surface area contributed by atoms with Crippen molar-refractivity contribution in [3.8, 4) is 0 Å². The van der Waals surface area contributed by atoms with E-state index in [0.717, 1.165) is 25.9 Å². The molecule has 0 bridgehead atoms. The van der Waals surface area contributed by atoms with E-state index in [-0.39, 0.29) is 0 Å². The van der Waals surface area contributed by atoms with E-state index >= 15 is 0 Å². The zero-order chi connectivity index (χ0) is 13.4. The Morgan fingerprint density at radius 3 is 2.83 bits per heavy atom. The van der Waals surface area contributed by atoms with Gasteiger partial charge in [0, 0.05) is 19.1 Å². The molecule has 1 fully saturated rings. The second-order valence-corrected chi connectivity index (χ2v) is 5.39. The Morgan fingerprint density at radius 2 is 2.17 bits per heavy atom. The van der Waals surface area contributed by atoms with Gasteiger partial charge in [0.05, 0.1) is 0 Å². The van der Waals surface area contributed by atoms with Crippen molar-refractivity contribution in [2.45, 2.75) is 38.1 Å². The second kappa shape index (κ2) is 8.32. The third kappa shape index (κ3) is 6.21. The highest BCUT2D eigenvalue weighted by atomic mass is 16.4. The third-order valence-electron chi connectivity index (χ3n) is 3.47. The summed E-state index contributed by atoms with van der Waals surface area (Å²) in [6.45, 7) is 4.00. The topological polar surface area (TPSA) is 55.8 Å². The normalized spacial score (nSPS) is 21.2. The highest BCUT2D eigenvalue weighted by Gasteiger charge is 2.21. The summed E-state index contributed by atoms with van der Waals surface area (Å²) < 4.78 is 0. The van der Waals surface area contributed by atoms with E-state index in [9.17, 15) is 4.79 Å². The van der Waals surface area contributed by atoms with Crippen LogP contribution in [0.4, 0.5) is 4.79 Å². The lowest BCUT2D eigenvalue weighted by atomic mass is 10.0.